The molecule has 0 aromatic rings. The second-order valence-corrected chi connectivity index (χ2v) is 9.99. The third-order valence-corrected chi connectivity index (χ3v) is 8.77. The first-order valence-corrected chi connectivity index (χ1v) is 7.98. The molecule has 0 heterocycles. The summed E-state index contributed by atoms with van der Waals surface area (Å²) in [6, 6.07) is 0. The van der Waals surface area contributed by atoms with Crippen LogP contribution in [0.2, 0.25) is 18.6 Å². The normalized spacial score (nSPS) is 21.5. The number of hydrogen-bond acceptors (Lipinski definition) is 0. The van der Waals surface area contributed by atoms with Gasteiger partial charge in [0, 0.05) is 0 Å². The molecule has 0 amide bonds. The predicted octanol–water partition coefficient (Wildman–Crippen LogP) is 3.79. The summed E-state index contributed by atoms with van der Waals surface area (Å²) in [7, 11) is -0.931. The third kappa shape index (κ3) is 1.87. The van der Waals surface area contributed by atoms with Crippen LogP contribution in [-0.2, 0) is 0 Å². The molecule has 1 heteroatoms. The van der Waals surface area contributed by atoms with Crippen LogP contribution in [0.25, 0.3) is 0 Å². The summed E-state index contributed by atoms with van der Waals surface area (Å²) >= 11 is 0. The van der Waals surface area contributed by atoms with E-state index < -0.39 is 8.07 Å². The largest absolute Gasteiger partial charge is 0.0687 e. The summed E-state index contributed by atoms with van der Waals surface area (Å²) < 4.78 is 0. The lowest BCUT2D eigenvalue weighted by Crippen LogP contribution is -2.36. The van der Waals surface area contributed by atoms with Crippen LogP contribution in [0.15, 0.2) is 0 Å². The van der Waals surface area contributed by atoms with Crippen LogP contribution in [0.4, 0.5) is 0 Å². The molecule has 0 aromatic heterocycles. The molecule has 0 bridgehead atoms. The molecule has 0 saturated heterocycles. The van der Waals surface area contributed by atoms with Gasteiger partial charge in [0.05, 0.1) is 8.07 Å². The average Bonchev–Trinajstić information content (AvgIpc) is 2.37. The molecule has 1 aliphatic rings. The van der Waals surface area contributed by atoms with Crippen LogP contribution in [0.3, 0.4) is 0 Å². The van der Waals surface area contributed by atoms with Crippen molar-refractivity contribution >= 4 is 8.07 Å². The Hall–Kier alpha value is 0.217. The van der Waals surface area contributed by atoms with Gasteiger partial charge in [-0.05, 0) is 18.4 Å². The first-order valence-electron chi connectivity index (χ1n) is 4.90. The fourth-order valence-electron chi connectivity index (χ4n) is 1.85. The van der Waals surface area contributed by atoms with E-state index in [1.165, 1.54) is 25.7 Å². The molecular weight excluding hydrogens is 148 g/mol. The summed E-state index contributed by atoms with van der Waals surface area (Å²) in [5.41, 5.74) is 2.89. The van der Waals surface area contributed by atoms with E-state index in [4.69, 9.17) is 0 Å². The van der Waals surface area contributed by atoms with Crippen molar-refractivity contribution in [1.29, 1.82) is 0 Å². The van der Waals surface area contributed by atoms with Gasteiger partial charge in [-0.3, -0.25) is 0 Å². The van der Waals surface area contributed by atoms with E-state index in [2.05, 4.69) is 26.9 Å². The van der Waals surface area contributed by atoms with E-state index in [1.807, 2.05) is 5.54 Å². The Morgan fingerprint density at radius 1 is 1.09 bits per heavy atom. The molecule has 11 heavy (non-hydrogen) atoms. The van der Waals surface area contributed by atoms with E-state index in [-0.39, 0.29) is 0 Å². The Balaban J connectivity index is 2.55. The summed E-state index contributed by atoms with van der Waals surface area (Å²) in [5, 5.41) is 0. The highest BCUT2D eigenvalue weighted by Gasteiger charge is 2.36. The van der Waals surface area contributed by atoms with E-state index in [9.17, 15) is 0 Å². The quantitative estimate of drug-likeness (QED) is 0.552. The lowest BCUT2D eigenvalue weighted by Gasteiger charge is -2.33. The smallest absolute Gasteiger partial charge is 0.0564 e. The minimum atomic E-state index is -0.931. The van der Waals surface area contributed by atoms with Crippen molar-refractivity contribution in [3.8, 4) is 0 Å². The van der Waals surface area contributed by atoms with Gasteiger partial charge in [0.2, 0.25) is 0 Å². The molecule has 0 N–H and O–H groups in total. The van der Waals surface area contributed by atoms with Gasteiger partial charge in [0.15, 0.2) is 0 Å². The van der Waals surface area contributed by atoms with Crippen molar-refractivity contribution in [1.82, 2.24) is 0 Å². The van der Waals surface area contributed by atoms with E-state index >= 15 is 0 Å². The van der Waals surface area contributed by atoms with Gasteiger partial charge in [-0.2, -0.15) is 0 Å². The molecule has 0 atom stereocenters. The summed E-state index contributed by atoms with van der Waals surface area (Å²) in [5.74, 6) is 0. The van der Waals surface area contributed by atoms with Gasteiger partial charge in [-0.25, -0.2) is 0 Å². The Labute approximate surface area is 72.4 Å². The topological polar surface area (TPSA) is 0 Å². The summed E-state index contributed by atoms with van der Waals surface area (Å²) in [4.78, 5) is 0. The van der Waals surface area contributed by atoms with Gasteiger partial charge in [-0.1, -0.05) is 45.3 Å². The van der Waals surface area contributed by atoms with Gasteiger partial charge in [-0.15, -0.1) is 0 Å². The zero-order valence-corrected chi connectivity index (χ0v) is 9.41. The van der Waals surface area contributed by atoms with Crippen molar-refractivity contribution < 1.29 is 0 Å². The lowest BCUT2D eigenvalue weighted by molar-refractivity contribution is 0.886. The monoisotopic (exact) mass is 169 g/mol. The highest BCUT2D eigenvalue weighted by Crippen LogP contribution is 2.40. The van der Waals surface area contributed by atoms with E-state index in [0.717, 1.165) is 5.54 Å². The highest BCUT2D eigenvalue weighted by molar-refractivity contribution is 6.83. The molecular formula is C10H21Si. The van der Waals surface area contributed by atoms with Crippen molar-refractivity contribution in [2.45, 2.75) is 58.2 Å². The van der Waals surface area contributed by atoms with Gasteiger partial charge < -0.3 is 0 Å². The highest BCUT2D eigenvalue weighted by atomic mass is 28.3. The minimum absolute atomic E-state index is 0.931. The Kier molecular flexibility index (Phi) is 2.79. The van der Waals surface area contributed by atoms with Crippen LogP contribution in [0.1, 0.15) is 39.5 Å². The van der Waals surface area contributed by atoms with Crippen LogP contribution in [0.5, 0.6) is 0 Å². The molecule has 1 aliphatic carbocycles. The number of rotatable bonds is 2. The van der Waals surface area contributed by atoms with Gasteiger partial charge >= 0.3 is 0 Å². The molecule has 65 valence electrons. The van der Waals surface area contributed by atoms with Crippen LogP contribution < -0.4 is 0 Å². The van der Waals surface area contributed by atoms with Gasteiger partial charge in [0.25, 0.3) is 0 Å². The third-order valence-electron chi connectivity index (χ3n) is 3.56. The maximum Gasteiger partial charge on any atom is 0.0564 e. The van der Waals surface area contributed by atoms with Crippen molar-refractivity contribution in [3.05, 3.63) is 5.54 Å². The van der Waals surface area contributed by atoms with Crippen molar-refractivity contribution in [2.75, 3.05) is 0 Å². The zero-order chi connectivity index (χ0) is 8.48. The molecule has 0 aliphatic heterocycles. The van der Waals surface area contributed by atoms with Crippen molar-refractivity contribution in [3.63, 3.8) is 0 Å². The SMILES string of the molecule is CC(C)[Si](C)(C)[C]1CCCC1. The molecule has 1 saturated carbocycles. The lowest BCUT2D eigenvalue weighted by atomic mass is 10.4. The Morgan fingerprint density at radius 2 is 1.55 bits per heavy atom. The first kappa shape index (κ1) is 9.31. The molecule has 0 unspecified atom stereocenters. The fraction of sp³-hybridized carbons (Fsp3) is 0.900. The Morgan fingerprint density at radius 3 is 1.91 bits per heavy atom. The first-order chi connectivity index (χ1) is 5.05. The van der Waals surface area contributed by atoms with E-state index in [1.54, 1.807) is 0 Å². The molecule has 0 aromatic carbocycles. The second-order valence-electron chi connectivity index (χ2n) is 4.69. The van der Waals surface area contributed by atoms with Gasteiger partial charge in [0.1, 0.15) is 0 Å². The van der Waals surface area contributed by atoms with Crippen LogP contribution in [0, 0.1) is 5.54 Å². The molecule has 1 radical (unpaired) electrons. The zero-order valence-electron chi connectivity index (χ0n) is 8.41. The predicted molar refractivity (Wildman–Crippen MR) is 54.3 cm³/mol. The molecule has 0 nitrogen and oxygen atoms in total. The summed E-state index contributed by atoms with van der Waals surface area (Å²) in [6.07, 6.45) is 5.85. The molecule has 1 rings (SSSR count). The van der Waals surface area contributed by atoms with Crippen molar-refractivity contribution in [2.24, 2.45) is 0 Å². The summed E-state index contributed by atoms with van der Waals surface area (Å²) in [6.45, 7) is 9.88. The van der Waals surface area contributed by atoms with Crippen LogP contribution >= 0.6 is 0 Å². The average molecular weight is 169 g/mol. The molecule has 1 fully saturated rings. The maximum atomic E-state index is 2.54. The molecule has 0 spiro atoms. The maximum absolute atomic E-state index is 2.54. The van der Waals surface area contributed by atoms with Crippen LogP contribution in [-0.4, -0.2) is 8.07 Å². The Bertz CT molecular complexity index is 121. The standard InChI is InChI=1S/C10H21Si/c1-9(2)11(3,4)10-7-5-6-8-10/h9H,5-8H2,1-4H3. The second kappa shape index (κ2) is 3.30. The van der Waals surface area contributed by atoms with E-state index in [0.29, 0.717) is 0 Å². The fourth-order valence-corrected chi connectivity index (χ4v) is 4.31. The minimum Gasteiger partial charge on any atom is -0.0687 e. The number of hydrogen-bond donors (Lipinski definition) is 0.